The third kappa shape index (κ3) is 2.80. The molecule has 0 amide bonds. The van der Waals surface area contributed by atoms with Gasteiger partial charge in [-0.25, -0.2) is 9.18 Å². The maximum Gasteiger partial charge on any atom is 0.341 e. The molecule has 0 unspecified atom stereocenters. The van der Waals surface area contributed by atoms with Crippen molar-refractivity contribution in [3.8, 4) is 16.3 Å². The summed E-state index contributed by atoms with van der Waals surface area (Å²) in [5, 5.41) is 10.3. The van der Waals surface area contributed by atoms with Crippen molar-refractivity contribution in [3.63, 3.8) is 0 Å². The molecule has 4 nitrogen and oxygen atoms in total. The number of hydrogen-bond acceptors (Lipinski definition) is 3. The number of rotatable bonds is 3. The van der Waals surface area contributed by atoms with Gasteiger partial charge in [0.05, 0.1) is 10.6 Å². The van der Waals surface area contributed by atoms with Crippen LogP contribution in [0.5, 0.6) is 0 Å². The molecule has 0 saturated carbocycles. The fourth-order valence-corrected chi connectivity index (χ4v) is 3.88. The molecule has 0 aliphatic carbocycles. The first kappa shape index (κ1) is 16.2. The van der Waals surface area contributed by atoms with Crippen LogP contribution in [0.2, 0.25) is 0 Å². The number of halogens is 1. The standard InChI is InChI=1S/C20H12FNO3S/c21-13-5-7-14(8-6-13)22-11-15(20(24)25)17(23)10-16(22)19-9-12-3-1-2-4-18(12)26-19/h1-11H,(H,24,25). The Morgan fingerprint density at radius 3 is 2.46 bits per heavy atom. The van der Waals surface area contributed by atoms with Gasteiger partial charge in [0.1, 0.15) is 11.4 Å². The van der Waals surface area contributed by atoms with Gasteiger partial charge in [-0.3, -0.25) is 4.79 Å². The predicted octanol–water partition coefficient (Wildman–Crippen LogP) is 4.56. The molecule has 2 heterocycles. The molecule has 4 aromatic rings. The van der Waals surface area contributed by atoms with E-state index in [4.69, 9.17) is 0 Å². The fraction of sp³-hybridized carbons (Fsp3) is 0. The van der Waals surface area contributed by atoms with E-state index in [1.54, 1.807) is 16.7 Å². The summed E-state index contributed by atoms with van der Waals surface area (Å²) in [5.41, 5.74) is 0.233. The minimum Gasteiger partial charge on any atom is -0.477 e. The summed E-state index contributed by atoms with van der Waals surface area (Å²) < 4.78 is 16.0. The number of pyridine rings is 1. The summed E-state index contributed by atoms with van der Waals surface area (Å²) >= 11 is 1.50. The number of benzene rings is 2. The zero-order valence-electron chi connectivity index (χ0n) is 13.3. The van der Waals surface area contributed by atoms with Crippen LogP contribution in [0.15, 0.2) is 71.7 Å². The summed E-state index contributed by atoms with van der Waals surface area (Å²) in [7, 11) is 0. The molecule has 1 N–H and O–H groups in total. The van der Waals surface area contributed by atoms with Gasteiger partial charge in [-0.1, -0.05) is 18.2 Å². The Bertz CT molecular complexity index is 1160. The maximum absolute atomic E-state index is 13.3. The van der Waals surface area contributed by atoms with Gasteiger partial charge in [-0.05, 0) is 41.8 Å². The molecule has 0 bridgehead atoms. The normalized spacial score (nSPS) is 11.0. The highest BCUT2D eigenvalue weighted by atomic mass is 32.1. The van der Waals surface area contributed by atoms with Gasteiger partial charge in [0, 0.05) is 22.7 Å². The summed E-state index contributed by atoms with van der Waals surface area (Å²) in [5.74, 6) is -1.69. The first-order chi connectivity index (χ1) is 12.5. The number of carboxylic acid groups (broad SMARTS) is 1. The van der Waals surface area contributed by atoms with E-state index in [-0.39, 0.29) is 5.56 Å². The summed E-state index contributed by atoms with van der Waals surface area (Å²) in [4.78, 5) is 24.5. The van der Waals surface area contributed by atoms with Crippen LogP contribution in [0.3, 0.4) is 0 Å². The van der Waals surface area contributed by atoms with Gasteiger partial charge in [0.15, 0.2) is 5.43 Å². The molecule has 2 aromatic carbocycles. The van der Waals surface area contributed by atoms with Crippen LogP contribution in [0.1, 0.15) is 10.4 Å². The topological polar surface area (TPSA) is 59.3 Å². The Kier molecular flexibility index (Phi) is 3.89. The highest BCUT2D eigenvalue weighted by Crippen LogP contribution is 2.34. The molecule has 26 heavy (non-hydrogen) atoms. The average Bonchev–Trinajstić information content (AvgIpc) is 3.06. The van der Waals surface area contributed by atoms with E-state index in [1.807, 2.05) is 30.3 Å². The number of aromatic nitrogens is 1. The number of hydrogen-bond donors (Lipinski definition) is 1. The van der Waals surface area contributed by atoms with Crippen LogP contribution >= 0.6 is 11.3 Å². The summed E-state index contributed by atoms with van der Waals surface area (Å²) in [6.07, 6.45) is 1.29. The number of thiophene rings is 1. The Balaban J connectivity index is 2.00. The highest BCUT2D eigenvalue weighted by Gasteiger charge is 2.16. The lowest BCUT2D eigenvalue weighted by atomic mass is 10.1. The molecule has 0 spiro atoms. The number of carboxylic acids is 1. The van der Waals surface area contributed by atoms with Crippen molar-refractivity contribution in [2.75, 3.05) is 0 Å². The quantitative estimate of drug-likeness (QED) is 0.579. The van der Waals surface area contributed by atoms with E-state index < -0.39 is 17.2 Å². The van der Waals surface area contributed by atoms with Crippen molar-refractivity contribution in [2.24, 2.45) is 0 Å². The molecular formula is C20H12FNO3S. The number of aromatic carboxylic acids is 1. The van der Waals surface area contributed by atoms with Gasteiger partial charge in [-0.15, -0.1) is 11.3 Å². The Morgan fingerprint density at radius 2 is 1.77 bits per heavy atom. The smallest absolute Gasteiger partial charge is 0.341 e. The van der Waals surface area contributed by atoms with Crippen molar-refractivity contribution in [2.45, 2.75) is 0 Å². The van der Waals surface area contributed by atoms with Crippen molar-refractivity contribution in [1.82, 2.24) is 4.57 Å². The maximum atomic E-state index is 13.3. The van der Waals surface area contributed by atoms with Gasteiger partial charge < -0.3 is 9.67 Å². The second-order valence-corrected chi connectivity index (χ2v) is 6.82. The molecule has 0 atom stereocenters. The molecule has 0 aliphatic heterocycles. The monoisotopic (exact) mass is 365 g/mol. The fourth-order valence-electron chi connectivity index (χ4n) is 2.81. The van der Waals surface area contributed by atoms with Crippen LogP contribution in [0, 0.1) is 5.82 Å². The molecule has 0 aliphatic rings. The zero-order chi connectivity index (χ0) is 18.3. The van der Waals surface area contributed by atoms with Gasteiger partial charge in [0.25, 0.3) is 0 Å². The van der Waals surface area contributed by atoms with Gasteiger partial charge in [-0.2, -0.15) is 0 Å². The first-order valence-corrected chi connectivity index (χ1v) is 8.59. The minimum atomic E-state index is -1.30. The molecule has 0 radical (unpaired) electrons. The molecule has 2 aromatic heterocycles. The van der Waals surface area contributed by atoms with E-state index in [9.17, 15) is 19.1 Å². The second-order valence-electron chi connectivity index (χ2n) is 5.74. The van der Waals surface area contributed by atoms with E-state index in [2.05, 4.69) is 0 Å². The molecular weight excluding hydrogens is 353 g/mol. The van der Waals surface area contributed by atoms with Crippen molar-refractivity contribution in [3.05, 3.63) is 88.5 Å². The largest absolute Gasteiger partial charge is 0.477 e. The molecule has 0 saturated heterocycles. The van der Waals surface area contributed by atoms with E-state index >= 15 is 0 Å². The summed E-state index contributed by atoms with van der Waals surface area (Å²) in [6.45, 7) is 0. The lowest BCUT2D eigenvalue weighted by Crippen LogP contribution is -2.17. The molecule has 128 valence electrons. The van der Waals surface area contributed by atoms with Crippen LogP contribution in [0.4, 0.5) is 4.39 Å². The van der Waals surface area contributed by atoms with E-state index in [1.165, 1.54) is 35.7 Å². The Morgan fingerprint density at radius 1 is 1.04 bits per heavy atom. The number of fused-ring (bicyclic) bond motifs is 1. The van der Waals surface area contributed by atoms with Gasteiger partial charge in [0.2, 0.25) is 0 Å². The third-order valence-corrected chi connectivity index (χ3v) is 5.20. The first-order valence-electron chi connectivity index (χ1n) is 7.78. The summed E-state index contributed by atoms with van der Waals surface area (Å²) in [6, 6.07) is 16.8. The van der Waals surface area contributed by atoms with Crippen LogP contribution in [0.25, 0.3) is 26.3 Å². The van der Waals surface area contributed by atoms with Gasteiger partial charge >= 0.3 is 5.97 Å². The Labute approximate surface area is 151 Å². The lowest BCUT2D eigenvalue weighted by molar-refractivity contribution is 0.0695. The average molecular weight is 365 g/mol. The molecule has 0 fully saturated rings. The van der Waals surface area contributed by atoms with E-state index in [0.717, 1.165) is 15.0 Å². The van der Waals surface area contributed by atoms with Crippen molar-refractivity contribution >= 4 is 27.4 Å². The number of nitrogens with zero attached hydrogens (tertiary/aromatic N) is 1. The Hall–Kier alpha value is -3.25. The zero-order valence-corrected chi connectivity index (χ0v) is 14.2. The van der Waals surface area contributed by atoms with E-state index in [0.29, 0.717) is 11.4 Å². The van der Waals surface area contributed by atoms with Crippen LogP contribution in [-0.2, 0) is 0 Å². The van der Waals surface area contributed by atoms with Crippen molar-refractivity contribution < 1.29 is 14.3 Å². The third-order valence-electron chi connectivity index (χ3n) is 4.06. The molecule has 6 heteroatoms. The van der Waals surface area contributed by atoms with Crippen molar-refractivity contribution in [1.29, 1.82) is 0 Å². The van der Waals surface area contributed by atoms with Crippen LogP contribution < -0.4 is 5.43 Å². The second kappa shape index (κ2) is 6.24. The number of carbonyl (C=O) groups is 1. The molecule has 4 rings (SSSR count). The van der Waals surface area contributed by atoms with Crippen LogP contribution in [-0.4, -0.2) is 15.6 Å². The predicted molar refractivity (Wildman–Crippen MR) is 99.8 cm³/mol. The minimum absolute atomic E-state index is 0.334. The SMILES string of the molecule is O=C(O)c1cn(-c2ccc(F)cc2)c(-c2cc3ccccc3s2)cc1=O. The highest BCUT2D eigenvalue weighted by molar-refractivity contribution is 7.22. The lowest BCUT2D eigenvalue weighted by Gasteiger charge is -2.13.